The Labute approximate surface area is 185 Å². The number of nitrogens with zero attached hydrogens (tertiary/aromatic N) is 4. The largest absolute Gasteiger partial charge is 0.460 e. The number of esters is 1. The monoisotopic (exact) mass is 438 g/mol. The van der Waals surface area contributed by atoms with Gasteiger partial charge in [-0.2, -0.15) is 0 Å². The molecule has 160 valence electrons. The van der Waals surface area contributed by atoms with Gasteiger partial charge >= 0.3 is 5.97 Å². The van der Waals surface area contributed by atoms with Gasteiger partial charge in [-0.3, -0.25) is 9.69 Å². The van der Waals surface area contributed by atoms with Crippen molar-refractivity contribution in [3.63, 3.8) is 0 Å². The first-order chi connectivity index (χ1) is 15.0. The number of fused-ring (bicyclic) bond motifs is 2. The van der Waals surface area contributed by atoms with Crippen LogP contribution in [-0.2, 0) is 14.3 Å². The summed E-state index contributed by atoms with van der Waals surface area (Å²) < 4.78 is 5.38. The van der Waals surface area contributed by atoms with Crippen molar-refractivity contribution >= 4 is 46.4 Å². The Hall–Kier alpha value is -3.06. The van der Waals surface area contributed by atoms with E-state index in [1.165, 1.54) is 0 Å². The first-order valence-electron chi connectivity index (χ1n) is 10.5. The number of hydrazone groups is 1. The summed E-state index contributed by atoms with van der Waals surface area (Å²) in [5.41, 5.74) is 1.46. The van der Waals surface area contributed by atoms with E-state index in [-0.39, 0.29) is 24.3 Å². The van der Waals surface area contributed by atoms with E-state index in [4.69, 9.17) is 21.4 Å². The van der Waals surface area contributed by atoms with Crippen LogP contribution >= 0.6 is 11.6 Å². The third-order valence-corrected chi connectivity index (χ3v) is 6.65. The van der Waals surface area contributed by atoms with Gasteiger partial charge in [-0.15, -0.1) is 5.10 Å². The molecule has 0 N–H and O–H groups in total. The quantitative estimate of drug-likeness (QED) is 0.677. The van der Waals surface area contributed by atoms with Crippen molar-refractivity contribution < 1.29 is 14.3 Å². The number of amidine groups is 1. The first-order valence-corrected chi connectivity index (χ1v) is 10.8. The lowest BCUT2D eigenvalue weighted by Gasteiger charge is -2.43. The molecule has 3 aliphatic rings. The van der Waals surface area contributed by atoms with E-state index in [9.17, 15) is 9.59 Å². The molecule has 2 atom stereocenters. The number of hydrogen-bond donors (Lipinski definition) is 0. The summed E-state index contributed by atoms with van der Waals surface area (Å²) in [6.45, 7) is 2.01. The summed E-state index contributed by atoms with van der Waals surface area (Å²) in [4.78, 5) is 30.3. The zero-order chi connectivity index (χ0) is 21.8. The summed E-state index contributed by atoms with van der Waals surface area (Å²) in [5.74, 6) is -0.655. The minimum atomic E-state index is -0.826. The molecule has 1 amide bonds. The molecule has 1 fully saturated rings. The van der Waals surface area contributed by atoms with E-state index in [1.807, 2.05) is 46.3 Å². The van der Waals surface area contributed by atoms with Gasteiger partial charge in [0.05, 0.1) is 29.6 Å². The lowest BCUT2D eigenvalue weighted by Crippen LogP contribution is -2.61. The fourth-order valence-electron chi connectivity index (χ4n) is 5.12. The van der Waals surface area contributed by atoms with E-state index in [0.717, 1.165) is 23.5 Å². The Morgan fingerprint density at radius 2 is 1.90 bits per heavy atom. The van der Waals surface area contributed by atoms with Crippen molar-refractivity contribution in [3.05, 3.63) is 53.6 Å². The predicted octanol–water partition coefficient (Wildman–Crippen LogP) is 4.02. The Kier molecular flexibility index (Phi) is 4.66. The molecule has 1 aliphatic carbocycles. The van der Waals surface area contributed by atoms with Crippen LogP contribution in [0.1, 0.15) is 26.2 Å². The second-order valence-electron chi connectivity index (χ2n) is 7.98. The van der Waals surface area contributed by atoms with E-state index in [1.54, 1.807) is 31.0 Å². The van der Waals surface area contributed by atoms with Gasteiger partial charge in [-0.1, -0.05) is 23.7 Å². The third-order valence-electron chi connectivity index (χ3n) is 6.40. The zero-order valence-electron chi connectivity index (χ0n) is 17.4. The molecule has 31 heavy (non-hydrogen) atoms. The van der Waals surface area contributed by atoms with Gasteiger partial charge in [0.1, 0.15) is 0 Å². The molecule has 7 nitrogen and oxygen atoms in total. The second-order valence-corrected chi connectivity index (χ2v) is 8.41. The van der Waals surface area contributed by atoms with Gasteiger partial charge in [-0.25, -0.2) is 9.80 Å². The molecule has 1 saturated carbocycles. The molecule has 5 rings (SSSR count). The summed E-state index contributed by atoms with van der Waals surface area (Å²) in [6.07, 6.45) is 2.24. The molecule has 0 unspecified atom stereocenters. The third kappa shape index (κ3) is 2.76. The molecule has 0 saturated heterocycles. The van der Waals surface area contributed by atoms with Crippen LogP contribution in [0, 0.1) is 5.92 Å². The maximum absolute atomic E-state index is 13.6. The lowest BCUT2D eigenvalue weighted by atomic mass is 9.92. The Bertz CT molecular complexity index is 1090. The van der Waals surface area contributed by atoms with Crippen LogP contribution in [0.2, 0.25) is 5.02 Å². The minimum absolute atomic E-state index is 0.0201. The highest BCUT2D eigenvalue weighted by atomic mass is 35.5. The average molecular weight is 439 g/mol. The molecule has 2 aromatic carbocycles. The first kappa shape index (κ1) is 19.9. The second kappa shape index (κ2) is 7.27. The average Bonchev–Trinajstić information content (AvgIpc) is 3.34. The van der Waals surface area contributed by atoms with E-state index < -0.39 is 11.6 Å². The summed E-state index contributed by atoms with van der Waals surface area (Å²) >= 11 is 6.12. The number of rotatable bonds is 3. The topological polar surface area (TPSA) is 65.5 Å². The Morgan fingerprint density at radius 3 is 2.61 bits per heavy atom. The van der Waals surface area contributed by atoms with Crippen LogP contribution in [0.4, 0.5) is 17.1 Å². The van der Waals surface area contributed by atoms with Gasteiger partial charge in [0.15, 0.2) is 5.66 Å². The fraction of sp³-hybridized carbons (Fsp3) is 0.348. The van der Waals surface area contributed by atoms with E-state index in [0.29, 0.717) is 17.9 Å². The van der Waals surface area contributed by atoms with Crippen LogP contribution in [0.15, 0.2) is 53.6 Å². The number of amides is 1. The van der Waals surface area contributed by atoms with Crippen LogP contribution in [-0.4, -0.2) is 37.0 Å². The highest BCUT2D eigenvalue weighted by Crippen LogP contribution is 2.54. The number of benzene rings is 2. The van der Waals surface area contributed by atoms with Gasteiger partial charge in [0.25, 0.3) is 0 Å². The normalized spacial score (nSPS) is 24.4. The molecule has 0 aromatic heterocycles. The van der Waals surface area contributed by atoms with Crippen molar-refractivity contribution in [2.45, 2.75) is 31.8 Å². The van der Waals surface area contributed by atoms with Crippen LogP contribution < -0.4 is 14.8 Å². The van der Waals surface area contributed by atoms with Gasteiger partial charge < -0.3 is 9.64 Å². The summed E-state index contributed by atoms with van der Waals surface area (Å²) in [5, 5.41) is 7.21. The number of carbonyl (C=O) groups excluding carboxylic acids is 2. The van der Waals surface area contributed by atoms with E-state index >= 15 is 0 Å². The van der Waals surface area contributed by atoms with Gasteiger partial charge in [-0.05, 0) is 62.6 Å². The van der Waals surface area contributed by atoms with Crippen LogP contribution in [0.25, 0.3) is 0 Å². The molecular formula is C23H23ClN4O3. The molecule has 0 bridgehead atoms. The van der Waals surface area contributed by atoms with Gasteiger partial charge in [0.2, 0.25) is 11.7 Å². The standard InChI is InChI=1S/C23H23ClN4O3/c1-3-31-22(30)20-25-28(16-12-10-15(24)11-13-16)23-14-6-7-17(23)21(29)26(2)18-8-4-5-9-19(18)27(20)23/h4-5,8-13,17H,3,6-7,14H2,1-2H3/t17-,23+/m1/s1. The smallest absolute Gasteiger partial charge is 0.376 e. The molecule has 1 spiro atoms. The maximum Gasteiger partial charge on any atom is 0.376 e. The van der Waals surface area contributed by atoms with E-state index in [2.05, 4.69) is 0 Å². The van der Waals surface area contributed by atoms with Crippen molar-refractivity contribution in [3.8, 4) is 0 Å². The number of halogens is 1. The van der Waals surface area contributed by atoms with Crippen molar-refractivity contribution in [1.29, 1.82) is 0 Å². The molecule has 2 heterocycles. The van der Waals surface area contributed by atoms with Crippen molar-refractivity contribution in [2.24, 2.45) is 11.0 Å². The van der Waals surface area contributed by atoms with Crippen LogP contribution in [0.3, 0.4) is 0 Å². The predicted molar refractivity (Wildman–Crippen MR) is 120 cm³/mol. The highest BCUT2D eigenvalue weighted by Gasteiger charge is 2.63. The fourth-order valence-corrected chi connectivity index (χ4v) is 5.25. The molecular weight excluding hydrogens is 416 g/mol. The Balaban J connectivity index is 1.78. The molecule has 8 heteroatoms. The van der Waals surface area contributed by atoms with Crippen LogP contribution in [0.5, 0.6) is 0 Å². The van der Waals surface area contributed by atoms with Crippen molar-refractivity contribution in [1.82, 2.24) is 0 Å². The number of carbonyl (C=O) groups is 2. The number of anilines is 3. The molecule has 2 aliphatic heterocycles. The number of ether oxygens (including phenoxy) is 1. The molecule has 0 radical (unpaired) electrons. The maximum atomic E-state index is 13.6. The number of hydrogen-bond acceptors (Lipinski definition) is 6. The number of para-hydroxylation sites is 2. The Morgan fingerprint density at radius 1 is 1.19 bits per heavy atom. The summed E-state index contributed by atoms with van der Waals surface area (Å²) in [6, 6.07) is 15.0. The zero-order valence-corrected chi connectivity index (χ0v) is 18.2. The molecule has 2 aromatic rings. The van der Waals surface area contributed by atoms with Crippen molar-refractivity contribution in [2.75, 3.05) is 28.5 Å². The highest BCUT2D eigenvalue weighted by molar-refractivity contribution is 6.43. The lowest BCUT2D eigenvalue weighted by molar-refractivity contribution is -0.135. The van der Waals surface area contributed by atoms with Gasteiger partial charge in [0, 0.05) is 12.1 Å². The summed E-state index contributed by atoms with van der Waals surface area (Å²) in [7, 11) is 1.79. The minimum Gasteiger partial charge on any atom is -0.460 e. The SMILES string of the molecule is CCOC(=O)C1=NN(c2ccc(Cl)cc2)[C@@]23CCC[C@@H]2C(=O)N(C)c2ccccc2N13.